The van der Waals surface area contributed by atoms with E-state index in [-0.39, 0.29) is 12.5 Å². The van der Waals surface area contributed by atoms with Crippen LogP contribution in [0, 0.1) is 0 Å². The lowest BCUT2D eigenvalue weighted by Gasteiger charge is -2.23. The number of hydrogen-bond donors (Lipinski definition) is 0. The number of likely N-dealkylation sites (N-methyl/N-ethyl adjacent to an activating group) is 1. The lowest BCUT2D eigenvalue weighted by atomic mass is 10.00. The topological polar surface area (TPSA) is 41.9 Å². The molecule has 2 aromatic carbocycles. The molecular weight excluding hydrogens is 368 g/mol. The zero-order valence-electron chi connectivity index (χ0n) is 13.8. The van der Waals surface area contributed by atoms with Crippen molar-refractivity contribution in [3.8, 4) is 5.75 Å². The van der Waals surface area contributed by atoms with Crippen LogP contribution in [-0.2, 0) is 4.79 Å². The van der Waals surface area contributed by atoms with Gasteiger partial charge < -0.3 is 9.64 Å². The van der Waals surface area contributed by atoms with Crippen molar-refractivity contribution in [3.63, 3.8) is 0 Å². The molecule has 0 aromatic heterocycles. The third-order valence-electron chi connectivity index (χ3n) is 3.93. The van der Waals surface area contributed by atoms with Gasteiger partial charge >= 0.3 is 0 Å². The van der Waals surface area contributed by atoms with E-state index in [4.69, 9.17) is 4.74 Å². The Labute approximate surface area is 150 Å². The number of benzene rings is 2. The Kier molecular flexibility index (Phi) is 5.00. The molecule has 0 fully saturated rings. The Hall–Kier alpha value is -2.14. The van der Waals surface area contributed by atoms with Gasteiger partial charge in [-0.2, -0.15) is 0 Å². The molecule has 124 valence electrons. The van der Waals surface area contributed by atoms with E-state index in [2.05, 4.69) is 20.9 Å². The van der Waals surface area contributed by atoms with E-state index in [1.807, 2.05) is 56.3 Å². The quantitative estimate of drug-likeness (QED) is 0.794. The molecular formula is C19H19BrN2O2. The van der Waals surface area contributed by atoms with Crippen LogP contribution in [0.15, 0.2) is 51.9 Å². The van der Waals surface area contributed by atoms with Crippen LogP contribution in [0.3, 0.4) is 0 Å². The van der Waals surface area contributed by atoms with Gasteiger partial charge in [0.25, 0.3) is 0 Å². The average molecular weight is 387 g/mol. The number of fused-ring (bicyclic) bond motifs is 1. The number of ether oxygens (including phenoxy) is 1. The second kappa shape index (κ2) is 7.18. The molecule has 0 atom stereocenters. The highest BCUT2D eigenvalue weighted by molar-refractivity contribution is 9.10. The van der Waals surface area contributed by atoms with E-state index in [1.165, 1.54) is 0 Å². The van der Waals surface area contributed by atoms with Crippen molar-refractivity contribution < 1.29 is 9.53 Å². The summed E-state index contributed by atoms with van der Waals surface area (Å²) < 4.78 is 6.55. The Morgan fingerprint density at radius 3 is 2.62 bits per heavy atom. The van der Waals surface area contributed by atoms with Crippen LogP contribution < -0.4 is 9.64 Å². The maximum absolute atomic E-state index is 12.5. The minimum Gasteiger partial charge on any atom is -0.493 e. The number of carbonyl (C=O) groups excluding carboxylic acids is 1. The highest BCUT2D eigenvalue weighted by Crippen LogP contribution is 2.36. The van der Waals surface area contributed by atoms with Gasteiger partial charge in [0.2, 0.25) is 5.91 Å². The Morgan fingerprint density at radius 1 is 1.21 bits per heavy atom. The van der Waals surface area contributed by atoms with Gasteiger partial charge in [-0.3, -0.25) is 9.79 Å². The van der Waals surface area contributed by atoms with Gasteiger partial charge in [0.1, 0.15) is 12.3 Å². The van der Waals surface area contributed by atoms with Gasteiger partial charge in [-0.05, 0) is 35.8 Å². The second-order valence-electron chi connectivity index (χ2n) is 5.40. The highest BCUT2D eigenvalue weighted by atomic mass is 79.9. The lowest BCUT2D eigenvalue weighted by Crippen LogP contribution is -2.32. The van der Waals surface area contributed by atoms with Crippen molar-refractivity contribution in [3.05, 3.63) is 58.1 Å². The molecule has 1 aliphatic heterocycles. The van der Waals surface area contributed by atoms with E-state index in [9.17, 15) is 4.79 Å². The highest BCUT2D eigenvalue weighted by Gasteiger charge is 2.25. The summed E-state index contributed by atoms with van der Waals surface area (Å²) in [6, 6.07) is 13.9. The summed E-state index contributed by atoms with van der Waals surface area (Å²) >= 11 is 3.58. The monoisotopic (exact) mass is 386 g/mol. The number of anilines is 1. The average Bonchev–Trinajstić information content (AvgIpc) is 2.72. The molecule has 0 saturated carbocycles. The molecule has 1 heterocycles. The third kappa shape index (κ3) is 3.08. The predicted octanol–water partition coefficient (Wildman–Crippen LogP) is 4.05. The fourth-order valence-electron chi connectivity index (χ4n) is 2.86. The van der Waals surface area contributed by atoms with Crippen molar-refractivity contribution in [1.29, 1.82) is 0 Å². The minimum atomic E-state index is -0.00514. The number of nitrogens with zero attached hydrogens (tertiary/aromatic N) is 2. The molecule has 4 nitrogen and oxygen atoms in total. The number of aliphatic imine (C=N–C) groups is 1. The molecule has 0 spiro atoms. The summed E-state index contributed by atoms with van der Waals surface area (Å²) in [5, 5.41) is 0. The first-order chi connectivity index (χ1) is 11.7. The SMILES string of the molecule is CCOc1cc2c(cc1Br)C(c1ccccc1)=NCC(=O)N2CC. The fourth-order valence-corrected chi connectivity index (χ4v) is 3.32. The van der Waals surface area contributed by atoms with Gasteiger partial charge in [0, 0.05) is 23.7 Å². The standard InChI is InChI=1S/C19H19BrN2O2/c1-3-22-16-11-17(24-4-2)15(20)10-14(16)19(21-12-18(22)23)13-8-6-5-7-9-13/h5-11H,3-4,12H2,1-2H3. The van der Waals surface area contributed by atoms with Gasteiger partial charge in [-0.1, -0.05) is 30.3 Å². The third-order valence-corrected chi connectivity index (χ3v) is 4.55. The van der Waals surface area contributed by atoms with Crippen LogP contribution in [0.25, 0.3) is 0 Å². The molecule has 3 rings (SSSR count). The lowest BCUT2D eigenvalue weighted by molar-refractivity contribution is -0.117. The molecule has 2 aromatic rings. The van der Waals surface area contributed by atoms with Crippen LogP contribution in [0.4, 0.5) is 5.69 Å². The largest absolute Gasteiger partial charge is 0.493 e. The number of carbonyl (C=O) groups is 1. The minimum absolute atomic E-state index is 0.00514. The van der Waals surface area contributed by atoms with Gasteiger partial charge in [0.05, 0.1) is 22.5 Å². The summed E-state index contributed by atoms with van der Waals surface area (Å²) in [5.41, 5.74) is 3.61. The van der Waals surface area contributed by atoms with Crippen molar-refractivity contribution in [2.24, 2.45) is 4.99 Å². The van der Waals surface area contributed by atoms with Gasteiger partial charge in [-0.15, -0.1) is 0 Å². The number of benzodiazepines with no additional fused rings is 1. The maximum atomic E-state index is 12.5. The molecule has 1 aliphatic rings. The number of hydrogen-bond acceptors (Lipinski definition) is 3. The van der Waals surface area contributed by atoms with E-state index in [0.717, 1.165) is 32.7 Å². The van der Waals surface area contributed by atoms with Crippen molar-refractivity contribution in [2.75, 3.05) is 24.6 Å². The normalized spacial score (nSPS) is 14.0. The summed E-state index contributed by atoms with van der Waals surface area (Å²) in [6.07, 6.45) is 0. The summed E-state index contributed by atoms with van der Waals surface area (Å²) in [4.78, 5) is 18.9. The molecule has 5 heteroatoms. The molecule has 24 heavy (non-hydrogen) atoms. The van der Waals surface area contributed by atoms with E-state index >= 15 is 0 Å². The summed E-state index contributed by atoms with van der Waals surface area (Å²) in [7, 11) is 0. The first kappa shape index (κ1) is 16.7. The summed E-state index contributed by atoms with van der Waals surface area (Å²) in [5.74, 6) is 0.728. The van der Waals surface area contributed by atoms with Crippen molar-refractivity contribution in [1.82, 2.24) is 0 Å². The number of amides is 1. The van der Waals surface area contributed by atoms with E-state index in [0.29, 0.717) is 13.2 Å². The van der Waals surface area contributed by atoms with E-state index in [1.54, 1.807) is 4.90 Å². The fraction of sp³-hybridized carbons (Fsp3) is 0.263. The first-order valence-electron chi connectivity index (χ1n) is 8.02. The van der Waals surface area contributed by atoms with Crippen LogP contribution in [0.5, 0.6) is 5.75 Å². The Balaban J connectivity index is 2.22. The molecule has 0 unspecified atom stereocenters. The van der Waals surface area contributed by atoms with Crippen LogP contribution in [0.2, 0.25) is 0 Å². The summed E-state index contributed by atoms with van der Waals surface area (Å²) in [6.45, 7) is 5.22. The first-order valence-corrected chi connectivity index (χ1v) is 8.82. The van der Waals surface area contributed by atoms with Crippen LogP contribution >= 0.6 is 15.9 Å². The van der Waals surface area contributed by atoms with Gasteiger partial charge in [0.15, 0.2) is 0 Å². The smallest absolute Gasteiger partial charge is 0.248 e. The zero-order chi connectivity index (χ0) is 17.1. The van der Waals surface area contributed by atoms with Crippen LogP contribution in [-0.4, -0.2) is 31.3 Å². The zero-order valence-corrected chi connectivity index (χ0v) is 15.3. The maximum Gasteiger partial charge on any atom is 0.248 e. The van der Waals surface area contributed by atoms with Crippen molar-refractivity contribution in [2.45, 2.75) is 13.8 Å². The Bertz CT molecular complexity index is 787. The number of halogens is 1. The van der Waals surface area contributed by atoms with Crippen LogP contribution in [0.1, 0.15) is 25.0 Å². The molecule has 0 saturated heterocycles. The Morgan fingerprint density at radius 2 is 1.96 bits per heavy atom. The molecule has 1 amide bonds. The molecule has 0 radical (unpaired) electrons. The molecule has 0 aliphatic carbocycles. The van der Waals surface area contributed by atoms with Crippen molar-refractivity contribution >= 4 is 33.2 Å². The van der Waals surface area contributed by atoms with Gasteiger partial charge in [-0.25, -0.2) is 0 Å². The second-order valence-corrected chi connectivity index (χ2v) is 6.26. The predicted molar refractivity (Wildman–Crippen MR) is 100 cm³/mol. The van der Waals surface area contributed by atoms with E-state index < -0.39 is 0 Å². The number of rotatable bonds is 4. The molecule has 0 N–H and O–H groups in total. The molecule has 0 bridgehead atoms.